The van der Waals surface area contributed by atoms with E-state index in [2.05, 4.69) is 16.0 Å². The Hall–Kier alpha value is -4.33. The Balaban J connectivity index is 1.75. The molecule has 0 aliphatic carbocycles. The zero-order chi connectivity index (χ0) is 26.1. The number of carbonyl (C=O) groups is 3. The summed E-state index contributed by atoms with van der Waals surface area (Å²) in [5, 5.41) is 8.51. The van der Waals surface area contributed by atoms with Crippen molar-refractivity contribution in [3.05, 3.63) is 77.9 Å². The van der Waals surface area contributed by atoms with Crippen molar-refractivity contribution in [2.45, 2.75) is 26.7 Å². The summed E-state index contributed by atoms with van der Waals surface area (Å²) in [7, 11) is 2.94. The molecule has 188 valence electrons. The SMILES string of the molecule is CCC(CC)C(=O)Nc1ccc(C(=O)Nc2cc(OC)c(NC(=O)c3ccccc3)cc2OC)cc1. The standard InChI is InChI=1S/C28H31N3O5/c1-5-18(6-2)26(32)29-21-14-12-20(13-15-21)28(34)31-23-17-24(35-3)22(16-25(23)36-4)30-27(33)19-10-8-7-9-11-19/h7-18H,5-6H2,1-4H3,(H,29,32)(H,30,33)(H,31,34). The number of hydrogen-bond acceptors (Lipinski definition) is 5. The molecule has 0 saturated carbocycles. The van der Waals surface area contributed by atoms with Crippen LogP contribution in [0.2, 0.25) is 0 Å². The van der Waals surface area contributed by atoms with Crippen molar-refractivity contribution < 1.29 is 23.9 Å². The van der Waals surface area contributed by atoms with Crippen LogP contribution in [-0.4, -0.2) is 31.9 Å². The van der Waals surface area contributed by atoms with Gasteiger partial charge in [-0.1, -0.05) is 32.0 Å². The second-order valence-electron chi connectivity index (χ2n) is 8.11. The third kappa shape index (κ3) is 6.41. The summed E-state index contributed by atoms with van der Waals surface area (Å²) in [6, 6.07) is 18.6. The molecule has 3 aromatic rings. The zero-order valence-electron chi connectivity index (χ0n) is 20.9. The zero-order valence-corrected chi connectivity index (χ0v) is 20.9. The quantitative estimate of drug-likeness (QED) is 0.345. The lowest BCUT2D eigenvalue weighted by molar-refractivity contribution is -0.120. The maximum absolute atomic E-state index is 12.9. The normalized spacial score (nSPS) is 10.5. The first-order valence-electron chi connectivity index (χ1n) is 11.7. The van der Waals surface area contributed by atoms with Crippen LogP contribution in [0.15, 0.2) is 66.7 Å². The molecule has 8 heteroatoms. The average Bonchev–Trinajstić information content (AvgIpc) is 2.90. The van der Waals surface area contributed by atoms with Crippen LogP contribution in [0.5, 0.6) is 11.5 Å². The summed E-state index contributed by atoms with van der Waals surface area (Å²) in [5.74, 6) is -0.0424. The lowest BCUT2D eigenvalue weighted by Crippen LogP contribution is -2.21. The highest BCUT2D eigenvalue weighted by Crippen LogP contribution is 2.37. The Bertz CT molecular complexity index is 1210. The van der Waals surface area contributed by atoms with E-state index < -0.39 is 0 Å². The van der Waals surface area contributed by atoms with Gasteiger partial charge in [0.25, 0.3) is 11.8 Å². The highest BCUT2D eigenvalue weighted by molar-refractivity contribution is 6.07. The van der Waals surface area contributed by atoms with E-state index in [1.807, 2.05) is 19.9 Å². The van der Waals surface area contributed by atoms with Crippen LogP contribution in [0.25, 0.3) is 0 Å². The van der Waals surface area contributed by atoms with Crippen molar-refractivity contribution in [3.8, 4) is 11.5 Å². The van der Waals surface area contributed by atoms with Gasteiger partial charge >= 0.3 is 0 Å². The molecule has 0 heterocycles. The van der Waals surface area contributed by atoms with Crippen LogP contribution in [0.4, 0.5) is 17.1 Å². The summed E-state index contributed by atoms with van der Waals surface area (Å²) < 4.78 is 10.9. The van der Waals surface area contributed by atoms with Crippen LogP contribution < -0.4 is 25.4 Å². The summed E-state index contributed by atoms with van der Waals surface area (Å²) in [4.78, 5) is 37.8. The number of amides is 3. The first kappa shape index (κ1) is 26.3. The summed E-state index contributed by atoms with van der Waals surface area (Å²) in [6.07, 6.45) is 1.53. The molecule has 0 aliphatic rings. The van der Waals surface area contributed by atoms with E-state index in [4.69, 9.17) is 9.47 Å². The van der Waals surface area contributed by atoms with Gasteiger partial charge < -0.3 is 25.4 Å². The smallest absolute Gasteiger partial charge is 0.255 e. The van der Waals surface area contributed by atoms with E-state index in [1.165, 1.54) is 14.2 Å². The molecular weight excluding hydrogens is 458 g/mol. The van der Waals surface area contributed by atoms with E-state index in [1.54, 1.807) is 60.7 Å². The van der Waals surface area contributed by atoms with Crippen LogP contribution in [0.1, 0.15) is 47.4 Å². The summed E-state index contributed by atoms with van der Waals surface area (Å²) in [5.41, 5.74) is 2.30. The molecule has 0 saturated heterocycles. The van der Waals surface area contributed by atoms with Crippen molar-refractivity contribution in [1.82, 2.24) is 0 Å². The van der Waals surface area contributed by atoms with Crippen molar-refractivity contribution in [2.24, 2.45) is 5.92 Å². The second kappa shape index (κ2) is 12.4. The van der Waals surface area contributed by atoms with Crippen molar-refractivity contribution in [3.63, 3.8) is 0 Å². The topological polar surface area (TPSA) is 106 Å². The molecule has 0 unspecified atom stereocenters. The molecule has 0 spiro atoms. The Morgan fingerprint density at radius 3 is 1.61 bits per heavy atom. The predicted molar refractivity (Wildman–Crippen MR) is 141 cm³/mol. The van der Waals surface area contributed by atoms with Gasteiger partial charge in [-0.3, -0.25) is 14.4 Å². The molecule has 0 atom stereocenters. The molecule has 0 bridgehead atoms. The molecule has 3 amide bonds. The van der Waals surface area contributed by atoms with Crippen LogP contribution in [0.3, 0.4) is 0 Å². The van der Waals surface area contributed by atoms with Crippen molar-refractivity contribution >= 4 is 34.8 Å². The minimum Gasteiger partial charge on any atom is -0.494 e. The molecule has 0 aliphatic heterocycles. The number of ether oxygens (including phenoxy) is 2. The molecule has 0 aromatic heterocycles. The number of methoxy groups -OCH3 is 2. The molecule has 3 N–H and O–H groups in total. The lowest BCUT2D eigenvalue weighted by Gasteiger charge is -2.16. The van der Waals surface area contributed by atoms with Gasteiger partial charge in [0.05, 0.1) is 25.6 Å². The summed E-state index contributed by atoms with van der Waals surface area (Å²) in [6.45, 7) is 3.96. The Morgan fingerprint density at radius 2 is 1.17 bits per heavy atom. The van der Waals surface area contributed by atoms with E-state index in [9.17, 15) is 14.4 Å². The molecule has 0 radical (unpaired) electrons. The van der Waals surface area contributed by atoms with Gasteiger partial charge in [0.1, 0.15) is 11.5 Å². The average molecular weight is 490 g/mol. The van der Waals surface area contributed by atoms with Gasteiger partial charge in [-0.05, 0) is 49.2 Å². The number of benzene rings is 3. The van der Waals surface area contributed by atoms with Crippen LogP contribution in [0, 0.1) is 5.92 Å². The Morgan fingerprint density at radius 1 is 0.694 bits per heavy atom. The molecule has 0 fully saturated rings. The van der Waals surface area contributed by atoms with Gasteiger partial charge in [-0.15, -0.1) is 0 Å². The first-order chi connectivity index (χ1) is 17.4. The number of rotatable bonds is 10. The van der Waals surface area contributed by atoms with Gasteiger partial charge in [0.2, 0.25) is 5.91 Å². The van der Waals surface area contributed by atoms with Gasteiger partial charge in [0.15, 0.2) is 0 Å². The van der Waals surface area contributed by atoms with Gasteiger partial charge in [-0.25, -0.2) is 0 Å². The molecule has 3 aromatic carbocycles. The van der Waals surface area contributed by atoms with E-state index in [-0.39, 0.29) is 23.6 Å². The van der Waals surface area contributed by atoms with E-state index in [0.717, 1.165) is 12.8 Å². The van der Waals surface area contributed by atoms with E-state index >= 15 is 0 Å². The maximum Gasteiger partial charge on any atom is 0.255 e. The number of nitrogens with one attached hydrogen (secondary N) is 3. The van der Waals surface area contributed by atoms with Gasteiger partial charge in [-0.2, -0.15) is 0 Å². The largest absolute Gasteiger partial charge is 0.494 e. The summed E-state index contributed by atoms with van der Waals surface area (Å²) >= 11 is 0. The van der Waals surface area contributed by atoms with Gasteiger partial charge in [0, 0.05) is 34.9 Å². The number of anilines is 3. The predicted octanol–water partition coefficient (Wildman–Crippen LogP) is 5.58. The van der Waals surface area contributed by atoms with E-state index in [0.29, 0.717) is 39.7 Å². The third-order valence-electron chi connectivity index (χ3n) is 5.83. The van der Waals surface area contributed by atoms with Crippen LogP contribution in [-0.2, 0) is 4.79 Å². The molecular formula is C28H31N3O5. The Labute approximate surface area is 211 Å². The minimum atomic E-state index is -0.366. The number of carbonyl (C=O) groups excluding carboxylic acids is 3. The minimum absolute atomic E-state index is 0.0338. The fourth-order valence-corrected chi connectivity index (χ4v) is 3.68. The molecule has 3 rings (SSSR count). The van der Waals surface area contributed by atoms with Crippen molar-refractivity contribution in [2.75, 3.05) is 30.2 Å². The highest BCUT2D eigenvalue weighted by Gasteiger charge is 2.18. The van der Waals surface area contributed by atoms with Crippen LogP contribution >= 0.6 is 0 Å². The fraction of sp³-hybridized carbons (Fsp3) is 0.250. The monoisotopic (exact) mass is 489 g/mol. The Kier molecular flexibility index (Phi) is 9.05. The lowest BCUT2D eigenvalue weighted by atomic mass is 10.0. The molecule has 8 nitrogen and oxygen atoms in total. The fourth-order valence-electron chi connectivity index (χ4n) is 3.68. The third-order valence-corrected chi connectivity index (χ3v) is 5.83. The second-order valence-corrected chi connectivity index (χ2v) is 8.11. The first-order valence-corrected chi connectivity index (χ1v) is 11.7. The highest BCUT2D eigenvalue weighted by atomic mass is 16.5. The van der Waals surface area contributed by atoms with Crippen molar-refractivity contribution in [1.29, 1.82) is 0 Å². The molecule has 36 heavy (non-hydrogen) atoms. The maximum atomic E-state index is 12.9. The number of hydrogen-bond donors (Lipinski definition) is 3.